The van der Waals surface area contributed by atoms with E-state index in [1.807, 2.05) is 0 Å². The fraction of sp³-hybridized carbons (Fsp3) is 0.154. The van der Waals surface area contributed by atoms with Crippen LogP contribution in [-0.2, 0) is 6.42 Å². The predicted molar refractivity (Wildman–Crippen MR) is 64.2 cm³/mol. The average molecular weight is 259 g/mol. The maximum absolute atomic E-state index is 13.7. The minimum Gasteiger partial charge on any atom is -0.363 e. The van der Waals surface area contributed by atoms with E-state index in [1.165, 1.54) is 29.1 Å². The second-order valence-corrected chi connectivity index (χ2v) is 4.37. The lowest BCUT2D eigenvalue weighted by Gasteiger charge is -2.11. The number of fused-ring (bicyclic) bond motifs is 1. The number of rotatable bonds is 2. The third kappa shape index (κ3) is 1.64. The van der Waals surface area contributed by atoms with E-state index in [0.717, 1.165) is 0 Å². The standard InChI is InChI=1S/C13H10FN3O2/c14-9-3-1-2-7-8(9)6-10(11(7)18)17-5-4-16-13(17)12(15)19/h1-5,10H,6H2,(H2,15,19). The molecule has 0 radical (unpaired) electrons. The summed E-state index contributed by atoms with van der Waals surface area (Å²) in [5.74, 6) is -1.34. The molecule has 1 atom stereocenters. The van der Waals surface area contributed by atoms with E-state index in [1.54, 1.807) is 6.07 Å². The van der Waals surface area contributed by atoms with Gasteiger partial charge in [-0.2, -0.15) is 0 Å². The number of amides is 1. The molecule has 0 saturated carbocycles. The van der Waals surface area contributed by atoms with Gasteiger partial charge in [-0.3, -0.25) is 9.59 Å². The molecule has 0 fully saturated rings. The van der Waals surface area contributed by atoms with E-state index in [4.69, 9.17) is 5.73 Å². The van der Waals surface area contributed by atoms with Crippen LogP contribution in [0.1, 0.15) is 32.6 Å². The Labute approximate surface area is 107 Å². The molecule has 2 N–H and O–H groups in total. The summed E-state index contributed by atoms with van der Waals surface area (Å²) in [6.45, 7) is 0. The number of benzene rings is 1. The number of nitrogens with two attached hydrogens (primary N) is 1. The van der Waals surface area contributed by atoms with E-state index in [2.05, 4.69) is 4.98 Å². The molecule has 1 unspecified atom stereocenters. The molecule has 2 aromatic rings. The lowest BCUT2D eigenvalue weighted by atomic mass is 10.1. The summed E-state index contributed by atoms with van der Waals surface area (Å²) in [6.07, 6.45) is 3.11. The summed E-state index contributed by atoms with van der Waals surface area (Å²) >= 11 is 0. The highest BCUT2D eigenvalue weighted by molar-refractivity contribution is 6.04. The Bertz CT molecular complexity index is 693. The van der Waals surface area contributed by atoms with Gasteiger partial charge in [-0.15, -0.1) is 0 Å². The summed E-state index contributed by atoms with van der Waals surface area (Å²) in [4.78, 5) is 27.3. The number of nitrogens with zero attached hydrogens (tertiary/aromatic N) is 2. The SMILES string of the molecule is NC(=O)c1nccn1C1Cc2c(F)cccc2C1=O. The molecule has 1 aliphatic rings. The molecule has 0 aliphatic heterocycles. The molecule has 1 aromatic carbocycles. The van der Waals surface area contributed by atoms with Crippen molar-refractivity contribution in [1.82, 2.24) is 9.55 Å². The van der Waals surface area contributed by atoms with Crippen molar-refractivity contribution in [2.45, 2.75) is 12.5 Å². The van der Waals surface area contributed by atoms with Crippen molar-refractivity contribution in [2.75, 3.05) is 0 Å². The Hall–Kier alpha value is -2.50. The van der Waals surface area contributed by atoms with Crippen LogP contribution in [0.15, 0.2) is 30.6 Å². The lowest BCUT2D eigenvalue weighted by molar-refractivity contribution is 0.0931. The van der Waals surface area contributed by atoms with E-state index in [0.29, 0.717) is 11.1 Å². The molecule has 1 heterocycles. The Balaban J connectivity index is 2.07. The minimum atomic E-state index is -0.714. The minimum absolute atomic E-state index is 0.00608. The van der Waals surface area contributed by atoms with Gasteiger partial charge in [0.1, 0.15) is 11.9 Å². The van der Waals surface area contributed by atoms with Crippen molar-refractivity contribution in [2.24, 2.45) is 5.73 Å². The normalized spacial score (nSPS) is 17.5. The average Bonchev–Trinajstić information content (AvgIpc) is 2.95. The summed E-state index contributed by atoms with van der Waals surface area (Å²) < 4.78 is 15.1. The Kier molecular flexibility index (Phi) is 2.45. The first kappa shape index (κ1) is 11.6. The Morgan fingerprint density at radius 2 is 2.26 bits per heavy atom. The van der Waals surface area contributed by atoms with E-state index in [-0.39, 0.29) is 18.0 Å². The molecule has 6 heteroatoms. The number of carbonyl (C=O) groups excluding carboxylic acids is 2. The van der Waals surface area contributed by atoms with Gasteiger partial charge in [-0.05, 0) is 6.07 Å². The van der Waals surface area contributed by atoms with Gasteiger partial charge in [0.2, 0.25) is 0 Å². The third-order valence-corrected chi connectivity index (χ3v) is 3.31. The zero-order valence-corrected chi connectivity index (χ0v) is 9.84. The number of primary amides is 1. The van der Waals surface area contributed by atoms with Gasteiger partial charge in [0.05, 0.1) is 0 Å². The van der Waals surface area contributed by atoms with Crippen molar-refractivity contribution in [1.29, 1.82) is 0 Å². The van der Waals surface area contributed by atoms with Crippen LogP contribution < -0.4 is 5.73 Å². The van der Waals surface area contributed by atoms with Crippen LogP contribution in [0.3, 0.4) is 0 Å². The highest BCUT2D eigenvalue weighted by Crippen LogP contribution is 2.32. The van der Waals surface area contributed by atoms with Gasteiger partial charge < -0.3 is 10.3 Å². The summed E-state index contributed by atoms with van der Waals surface area (Å²) in [5.41, 5.74) is 5.93. The highest BCUT2D eigenvalue weighted by atomic mass is 19.1. The second kappa shape index (κ2) is 4.01. The van der Waals surface area contributed by atoms with Crippen molar-refractivity contribution >= 4 is 11.7 Å². The van der Waals surface area contributed by atoms with Gasteiger partial charge >= 0.3 is 0 Å². The number of hydrogen-bond acceptors (Lipinski definition) is 3. The smallest absolute Gasteiger partial charge is 0.284 e. The Morgan fingerprint density at radius 1 is 1.47 bits per heavy atom. The topological polar surface area (TPSA) is 78.0 Å². The molecule has 1 aliphatic carbocycles. The molecule has 1 aromatic heterocycles. The monoisotopic (exact) mass is 259 g/mol. The molecule has 5 nitrogen and oxygen atoms in total. The number of halogens is 1. The van der Waals surface area contributed by atoms with Crippen LogP contribution in [0.4, 0.5) is 4.39 Å². The molecule has 0 spiro atoms. The maximum Gasteiger partial charge on any atom is 0.284 e. The van der Waals surface area contributed by atoms with Crippen LogP contribution >= 0.6 is 0 Å². The zero-order chi connectivity index (χ0) is 13.6. The number of carbonyl (C=O) groups is 2. The first-order valence-electron chi connectivity index (χ1n) is 5.74. The fourth-order valence-corrected chi connectivity index (χ4v) is 2.44. The zero-order valence-electron chi connectivity index (χ0n) is 9.84. The first-order chi connectivity index (χ1) is 9.09. The quantitative estimate of drug-likeness (QED) is 0.877. The van der Waals surface area contributed by atoms with Gasteiger partial charge in [-0.25, -0.2) is 9.37 Å². The largest absolute Gasteiger partial charge is 0.363 e. The van der Waals surface area contributed by atoms with Gasteiger partial charge in [0, 0.05) is 29.9 Å². The molecule has 0 bridgehead atoms. The van der Waals surface area contributed by atoms with Crippen molar-refractivity contribution in [3.05, 3.63) is 53.4 Å². The molecule has 0 saturated heterocycles. The molecular formula is C13H10FN3O2. The van der Waals surface area contributed by atoms with Crippen LogP contribution in [0.25, 0.3) is 0 Å². The van der Waals surface area contributed by atoms with Crippen molar-refractivity contribution < 1.29 is 14.0 Å². The van der Waals surface area contributed by atoms with Crippen molar-refractivity contribution in [3.8, 4) is 0 Å². The maximum atomic E-state index is 13.7. The van der Waals surface area contributed by atoms with Gasteiger partial charge in [0.25, 0.3) is 5.91 Å². The first-order valence-corrected chi connectivity index (χ1v) is 5.74. The summed E-state index contributed by atoms with van der Waals surface area (Å²) in [7, 11) is 0. The van der Waals surface area contributed by atoms with Crippen LogP contribution in [-0.4, -0.2) is 21.2 Å². The van der Waals surface area contributed by atoms with E-state index < -0.39 is 17.8 Å². The molecule has 1 amide bonds. The number of Topliss-reactive ketones (excluding diaryl/α,β-unsaturated/α-hetero) is 1. The van der Waals surface area contributed by atoms with E-state index in [9.17, 15) is 14.0 Å². The summed E-state index contributed by atoms with van der Waals surface area (Å²) in [6, 6.07) is 3.74. The van der Waals surface area contributed by atoms with E-state index >= 15 is 0 Å². The number of aromatic nitrogens is 2. The third-order valence-electron chi connectivity index (χ3n) is 3.31. The number of ketones is 1. The second-order valence-electron chi connectivity index (χ2n) is 4.37. The lowest BCUT2D eigenvalue weighted by Crippen LogP contribution is -2.23. The highest BCUT2D eigenvalue weighted by Gasteiger charge is 2.35. The number of imidazole rings is 1. The predicted octanol–water partition coefficient (Wildman–Crippen LogP) is 1.10. The Morgan fingerprint density at radius 3 is 2.95 bits per heavy atom. The van der Waals surface area contributed by atoms with Crippen LogP contribution in [0.5, 0.6) is 0 Å². The molecule has 3 rings (SSSR count). The fourth-order valence-electron chi connectivity index (χ4n) is 2.44. The molecule has 19 heavy (non-hydrogen) atoms. The molecule has 96 valence electrons. The molecular weight excluding hydrogens is 249 g/mol. The number of hydrogen-bond donors (Lipinski definition) is 1. The van der Waals surface area contributed by atoms with Crippen molar-refractivity contribution in [3.63, 3.8) is 0 Å². The van der Waals surface area contributed by atoms with Gasteiger partial charge in [0.15, 0.2) is 11.6 Å². The summed E-state index contributed by atoms with van der Waals surface area (Å²) in [5, 5.41) is 0. The van der Waals surface area contributed by atoms with Crippen LogP contribution in [0.2, 0.25) is 0 Å². The van der Waals surface area contributed by atoms with Gasteiger partial charge in [-0.1, -0.05) is 12.1 Å². The van der Waals surface area contributed by atoms with Crippen LogP contribution in [0, 0.1) is 5.82 Å².